The zero-order valence-corrected chi connectivity index (χ0v) is 9.86. The van der Waals surface area contributed by atoms with Crippen LogP contribution in [0.3, 0.4) is 0 Å². The highest BCUT2D eigenvalue weighted by atomic mass is 16.1. The summed E-state index contributed by atoms with van der Waals surface area (Å²) in [6.45, 7) is 2.94. The van der Waals surface area contributed by atoms with E-state index in [1.54, 1.807) is 6.07 Å². The summed E-state index contributed by atoms with van der Waals surface area (Å²) in [5, 5.41) is 6.39. The molecule has 0 bridgehead atoms. The number of nitrogens with one attached hydrogen (secondary N) is 2. The molecule has 0 spiro atoms. The van der Waals surface area contributed by atoms with Crippen LogP contribution in [0.2, 0.25) is 0 Å². The summed E-state index contributed by atoms with van der Waals surface area (Å²) in [6.07, 6.45) is 3.47. The number of hydrogen-bond acceptors (Lipinski definition) is 3. The topological polar surface area (TPSA) is 62.2 Å². The molecule has 0 radical (unpaired) electrons. The minimum absolute atomic E-state index is 0.0366. The minimum atomic E-state index is -0.0366. The van der Waals surface area contributed by atoms with Crippen molar-refractivity contribution in [3.8, 4) is 0 Å². The molecule has 1 atom stereocenters. The van der Waals surface area contributed by atoms with Crippen molar-refractivity contribution >= 4 is 5.65 Å². The van der Waals surface area contributed by atoms with E-state index < -0.39 is 0 Å². The number of fused-ring (bicyclic) bond motifs is 1. The predicted molar refractivity (Wildman–Crippen MR) is 65.1 cm³/mol. The van der Waals surface area contributed by atoms with Crippen LogP contribution in [-0.4, -0.2) is 21.1 Å². The van der Waals surface area contributed by atoms with Crippen LogP contribution in [0.15, 0.2) is 16.9 Å². The Labute approximate surface area is 98.9 Å². The first kappa shape index (κ1) is 10.5. The quantitative estimate of drug-likeness (QED) is 0.775. The van der Waals surface area contributed by atoms with E-state index in [2.05, 4.69) is 15.4 Å². The van der Waals surface area contributed by atoms with E-state index in [4.69, 9.17) is 0 Å². The molecule has 1 aliphatic rings. The molecule has 0 aromatic carbocycles. The molecule has 3 heterocycles. The van der Waals surface area contributed by atoms with Crippen LogP contribution >= 0.6 is 0 Å². The van der Waals surface area contributed by atoms with Gasteiger partial charge in [-0.05, 0) is 26.3 Å². The van der Waals surface area contributed by atoms with Gasteiger partial charge in [-0.15, -0.1) is 0 Å². The summed E-state index contributed by atoms with van der Waals surface area (Å²) in [6, 6.07) is 3.76. The smallest absolute Gasteiger partial charge is 0.272 e. The van der Waals surface area contributed by atoms with E-state index in [1.807, 2.05) is 13.0 Å². The second-order valence-corrected chi connectivity index (χ2v) is 4.65. The van der Waals surface area contributed by atoms with Gasteiger partial charge < -0.3 is 5.32 Å². The lowest BCUT2D eigenvalue weighted by molar-refractivity contribution is 0.405. The molecule has 0 aliphatic carbocycles. The van der Waals surface area contributed by atoms with Crippen molar-refractivity contribution in [2.75, 3.05) is 6.54 Å². The summed E-state index contributed by atoms with van der Waals surface area (Å²) in [4.78, 5) is 16.5. The van der Waals surface area contributed by atoms with Crippen molar-refractivity contribution in [1.29, 1.82) is 0 Å². The van der Waals surface area contributed by atoms with Gasteiger partial charge in [0.15, 0.2) is 5.65 Å². The molecule has 3 rings (SSSR count). The second-order valence-electron chi connectivity index (χ2n) is 4.65. The van der Waals surface area contributed by atoms with Crippen molar-refractivity contribution in [2.45, 2.75) is 32.2 Å². The maximum absolute atomic E-state index is 11.9. The van der Waals surface area contributed by atoms with Gasteiger partial charge in [0.05, 0.1) is 5.69 Å². The summed E-state index contributed by atoms with van der Waals surface area (Å²) in [7, 11) is 0. The third-order valence-electron chi connectivity index (χ3n) is 3.27. The molecule has 2 N–H and O–H groups in total. The number of rotatable bonds is 1. The van der Waals surface area contributed by atoms with E-state index in [0.717, 1.165) is 24.4 Å². The van der Waals surface area contributed by atoms with Crippen molar-refractivity contribution in [3.63, 3.8) is 0 Å². The average molecular weight is 232 g/mol. The predicted octanol–water partition coefficient (Wildman–Crippen LogP) is 1.15. The molecule has 2 aromatic rings. The third-order valence-corrected chi connectivity index (χ3v) is 3.27. The van der Waals surface area contributed by atoms with Crippen LogP contribution in [0.5, 0.6) is 0 Å². The molecule has 5 heteroatoms. The van der Waals surface area contributed by atoms with Crippen LogP contribution in [0.25, 0.3) is 5.65 Å². The zero-order chi connectivity index (χ0) is 11.8. The van der Waals surface area contributed by atoms with Crippen LogP contribution < -0.4 is 10.9 Å². The monoisotopic (exact) mass is 232 g/mol. The normalized spacial score (nSPS) is 20.9. The SMILES string of the molecule is Cc1cc2nc(C3CCCCN3)cc(=O)n2[nH]1. The highest BCUT2D eigenvalue weighted by Crippen LogP contribution is 2.20. The first-order chi connectivity index (χ1) is 8.24. The number of H-pyrrole nitrogens is 1. The standard InChI is InChI=1S/C12H16N4O/c1-8-6-11-14-10(7-12(17)16(11)15-8)9-4-2-3-5-13-9/h6-7,9,13,15H,2-5H2,1H3. The lowest BCUT2D eigenvalue weighted by Crippen LogP contribution is -2.29. The summed E-state index contributed by atoms with van der Waals surface area (Å²) < 4.78 is 1.49. The summed E-state index contributed by atoms with van der Waals surface area (Å²) >= 11 is 0. The van der Waals surface area contributed by atoms with Crippen LogP contribution in [0.4, 0.5) is 0 Å². The van der Waals surface area contributed by atoms with E-state index in [9.17, 15) is 4.79 Å². The molecule has 0 amide bonds. The van der Waals surface area contributed by atoms with Crippen molar-refractivity contribution in [3.05, 3.63) is 33.9 Å². The first-order valence-corrected chi connectivity index (χ1v) is 6.07. The van der Waals surface area contributed by atoms with E-state index in [-0.39, 0.29) is 11.6 Å². The lowest BCUT2D eigenvalue weighted by Gasteiger charge is -2.22. The Bertz CT molecular complexity index is 592. The second kappa shape index (κ2) is 4.00. The Balaban J connectivity index is 2.08. The number of aromatic amines is 1. The number of hydrogen-bond donors (Lipinski definition) is 2. The first-order valence-electron chi connectivity index (χ1n) is 6.07. The van der Waals surface area contributed by atoms with Gasteiger partial charge in [-0.3, -0.25) is 9.89 Å². The average Bonchev–Trinajstić information content (AvgIpc) is 2.71. The number of nitrogens with zero attached hydrogens (tertiary/aromatic N) is 2. The number of piperidine rings is 1. The van der Waals surface area contributed by atoms with Gasteiger partial charge >= 0.3 is 0 Å². The Kier molecular flexibility index (Phi) is 2.48. The highest BCUT2D eigenvalue weighted by Gasteiger charge is 2.17. The Hall–Kier alpha value is -1.62. The Morgan fingerprint density at radius 2 is 2.29 bits per heavy atom. The lowest BCUT2D eigenvalue weighted by atomic mass is 10.0. The molecule has 0 saturated carbocycles. The highest BCUT2D eigenvalue weighted by molar-refractivity contribution is 5.39. The van der Waals surface area contributed by atoms with E-state index in [1.165, 1.54) is 17.4 Å². The molecule has 90 valence electrons. The number of aryl methyl sites for hydroxylation is 1. The molecule has 1 saturated heterocycles. The molecule has 5 nitrogen and oxygen atoms in total. The zero-order valence-electron chi connectivity index (χ0n) is 9.86. The molecular weight excluding hydrogens is 216 g/mol. The van der Waals surface area contributed by atoms with Gasteiger partial charge in [0, 0.05) is 23.9 Å². The van der Waals surface area contributed by atoms with Gasteiger partial charge in [0.2, 0.25) is 0 Å². The third kappa shape index (κ3) is 1.86. The fraction of sp³-hybridized carbons (Fsp3) is 0.500. The summed E-state index contributed by atoms with van der Waals surface area (Å²) in [5.41, 5.74) is 2.49. The Morgan fingerprint density at radius 3 is 3.06 bits per heavy atom. The van der Waals surface area contributed by atoms with E-state index in [0.29, 0.717) is 5.65 Å². The largest absolute Gasteiger partial charge is 0.309 e. The molecule has 2 aromatic heterocycles. The fourth-order valence-corrected chi connectivity index (χ4v) is 2.41. The van der Waals surface area contributed by atoms with Gasteiger partial charge in [-0.2, -0.15) is 0 Å². The van der Waals surface area contributed by atoms with Gasteiger partial charge in [0.1, 0.15) is 0 Å². The molecular formula is C12H16N4O. The van der Waals surface area contributed by atoms with Gasteiger partial charge in [0.25, 0.3) is 5.56 Å². The van der Waals surface area contributed by atoms with Crippen LogP contribution in [-0.2, 0) is 0 Å². The molecule has 1 aliphatic heterocycles. The van der Waals surface area contributed by atoms with Crippen LogP contribution in [0, 0.1) is 6.92 Å². The maximum atomic E-state index is 11.9. The number of aromatic nitrogens is 3. The maximum Gasteiger partial charge on any atom is 0.272 e. The van der Waals surface area contributed by atoms with Crippen molar-refractivity contribution in [2.24, 2.45) is 0 Å². The van der Waals surface area contributed by atoms with Crippen molar-refractivity contribution < 1.29 is 0 Å². The summed E-state index contributed by atoms with van der Waals surface area (Å²) in [5.74, 6) is 0. The van der Waals surface area contributed by atoms with E-state index >= 15 is 0 Å². The molecule has 17 heavy (non-hydrogen) atoms. The van der Waals surface area contributed by atoms with Gasteiger partial charge in [-0.25, -0.2) is 9.50 Å². The van der Waals surface area contributed by atoms with Gasteiger partial charge in [-0.1, -0.05) is 6.42 Å². The molecule has 1 fully saturated rings. The Morgan fingerprint density at radius 1 is 1.41 bits per heavy atom. The minimum Gasteiger partial charge on any atom is -0.309 e. The van der Waals surface area contributed by atoms with Crippen LogP contribution in [0.1, 0.15) is 36.7 Å². The van der Waals surface area contributed by atoms with Crippen molar-refractivity contribution in [1.82, 2.24) is 19.9 Å². The fourth-order valence-electron chi connectivity index (χ4n) is 2.41. The molecule has 1 unspecified atom stereocenters.